The van der Waals surface area contributed by atoms with Crippen molar-refractivity contribution < 1.29 is 13.2 Å². The van der Waals surface area contributed by atoms with E-state index in [1.165, 1.54) is 26.6 Å². The number of anilines is 1. The lowest BCUT2D eigenvalue weighted by molar-refractivity contribution is 0.102. The van der Waals surface area contributed by atoms with Crippen molar-refractivity contribution in [3.8, 4) is 10.6 Å². The van der Waals surface area contributed by atoms with Crippen LogP contribution in [-0.4, -0.2) is 36.7 Å². The predicted molar refractivity (Wildman–Crippen MR) is 110 cm³/mol. The largest absolute Gasteiger partial charge is 0.297 e. The maximum atomic E-state index is 12.8. The van der Waals surface area contributed by atoms with E-state index in [9.17, 15) is 13.2 Å². The third-order valence-corrected chi connectivity index (χ3v) is 9.00. The number of thiazole rings is 1. The number of nitrogens with one attached hydrogen (secondary N) is 1. The Morgan fingerprint density at radius 3 is 2.67 bits per heavy atom. The number of hydrogen-bond acceptors (Lipinski definition) is 7. The average molecular weight is 440 g/mol. The summed E-state index contributed by atoms with van der Waals surface area (Å²) in [4.78, 5) is 19.7. The van der Waals surface area contributed by atoms with Crippen LogP contribution in [0.3, 0.4) is 0 Å². The Kier molecular flexibility index (Phi) is 5.17. The molecular weight excluding hydrogens is 422 g/mol. The summed E-state index contributed by atoms with van der Waals surface area (Å²) in [6.45, 7) is 3.05. The minimum absolute atomic E-state index is 0.0811. The van der Waals surface area contributed by atoms with Crippen LogP contribution in [0.25, 0.3) is 10.6 Å². The minimum Gasteiger partial charge on any atom is -0.297 e. The number of nitrogens with zero attached hydrogens (tertiary/aromatic N) is 2. The molecule has 6 nitrogen and oxygen atoms in total. The number of aromatic nitrogens is 1. The number of thiophene rings is 2. The second-order valence-electron chi connectivity index (χ2n) is 6.13. The fraction of sp³-hybridized carbons (Fsp3) is 0.294. The zero-order valence-corrected chi connectivity index (χ0v) is 17.7. The molecule has 1 saturated heterocycles. The minimum atomic E-state index is -3.63. The van der Waals surface area contributed by atoms with Crippen molar-refractivity contribution in [1.29, 1.82) is 0 Å². The van der Waals surface area contributed by atoms with Crippen LogP contribution in [0.1, 0.15) is 27.4 Å². The lowest BCUT2D eigenvalue weighted by atomic mass is 10.4. The van der Waals surface area contributed by atoms with Gasteiger partial charge in [0.05, 0.1) is 10.6 Å². The molecule has 27 heavy (non-hydrogen) atoms. The second kappa shape index (κ2) is 7.44. The summed E-state index contributed by atoms with van der Waals surface area (Å²) in [5, 5.41) is 6.73. The number of carbonyl (C=O) groups is 1. The van der Waals surface area contributed by atoms with Crippen molar-refractivity contribution in [3.63, 3.8) is 0 Å². The van der Waals surface area contributed by atoms with E-state index in [2.05, 4.69) is 10.3 Å². The molecule has 0 atom stereocenters. The van der Waals surface area contributed by atoms with E-state index in [-0.39, 0.29) is 9.77 Å². The maximum absolute atomic E-state index is 12.8. The number of sulfonamides is 1. The monoisotopic (exact) mass is 439 g/mol. The molecule has 0 unspecified atom stereocenters. The first-order chi connectivity index (χ1) is 12.9. The SMILES string of the molecule is Cc1ccc(-c2csc(NC(=O)c3sccc3S(=O)(=O)N3CCCC3)n2)s1. The third-order valence-electron chi connectivity index (χ3n) is 4.24. The van der Waals surface area contributed by atoms with Gasteiger partial charge in [0.15, 0.2) is 5.13 Å². The van der Waals surface area contributed by atoms with Gasteiger partial charge >= 0.3 is 0 Å². The van der Waals surface area contributed by atoms with Crippen molar-refractivity contribution in [2.75, 3.05) is 18.4 Å². The predicted octanol–water partition coefficient (Wildman–Crippen LogP) is 4.28. The number of amides is 1. The summed E-state index contributed by atoms with van der Waals surface area (Å²) in [5.74, 6) is -0.439. The van der Waals surface area contributed by atoms with Gasteiger partial charge < -0.3 is 0 Å². The molecule has 0 aliphatic carbocycles. The van der Waals surface area contributed by atoms with Crippen LogP contribution in [0, 0.1) is 6.92 Å². The Bertz CT molecular complexity index is 1070. The number of aryl methyl sites for hydroxylation is 1. The summed E-state index contributed by atoms with van der Waals surface area (Å²) >= 11 is 4.10. The van der Waals surface area contributed by atoms with Crippen molar-refractivity contribution in [1.82, 2.24) is 9.29 Å². The summed E-state index contributed by atoms with van der Waals surface area (Å²) in [7, 11) is -3.63. The number of hydrogen-bond donors (Lipinski definition) is 1. The highest BCUT2D eigenvalue weighted by atomic mass is 32.2. The molecule has 1 N–H and O–H groups in total. The highest BCUT2D eigenvalue weighted by molar-refractivity contribution is 7.89. The fourth-order valence-corrected chi connectivity index (χ4v) is 7.33. The van der Waals surface area contributed by atoms with Crippen LogP contribution < -0.4 is 5.32 Å². The van der Waals surface area contributed by atoms with Gasteiger partial charge in [-0.05, 0) is 43.3 Å². The van der Waals surface area contributed by atoms with E-state index in [0.29, 0.717) is 18.2 Å². The van der Waals surface area contributed by atoms with E-state index < -0.39 is 15.9 Å². The molecule has 1 aliphatic rings. The van der Waals surface area contributed by atoms with Crippen LogP contribution >= 0.6 is 34.0 Å². The second-order valence-corrected chi connectivity index (χ2v) is 11.1. The third kappa shape index (κ3) is 3.72. The van der Waals surface area contributed by atoms with E-state index >= 15 is 0 Å². The zero-order chi connectivity index (χ0) is 19.0. The lowest BCUT2D eigenvalue weighted by Gasteiger charge is -2.15. The van der Waals surface area contributed by atoms with Gasteiger partial charge in [-0.15, -0.1) is 34.0 Å². The standard InChI is InChI=1S/C17H17N3O3S4/c1-11-4-5-13(26-11)12-10-25-17(18-12)19-16(21)15-14(6-9-24-15)27(22,23)20-7-2-3-8-20/h4-6,9-10H,2-3,7-8H2,1H3,(H,18,19,21). The number of rotatable bonds is 5. The lowest BCUT2D eigenvalue weighted by Crippen LogP contribution is -2.29. The summed E-state index contributed by atoms with van der Waals surface area (Å²) < 4.78 is 27.1. The molecule has 1 amide bonds. The van der Waals surface area contributed by atoms with E-state index in [0.717, 1.165) is 34.7 Å². The highest BCUT2D eigenvalue weighted by Crippen LogP contribution is 2.32. The van der Waals surface area contributed by atoms with Crippen molar-refractivity contribution in [2.24, 2.45) is 0 Å². The van der Waals surface area contributed by atoms with Crippen LogP contribution in [0.2, 0.25) is 0 Å². The molecule has 1 fully saturated rings. The molecule has 142 valence electrons. The molecule has 10 heteroatoms. The van der Waals surface area contributed by atoms with Gasteiger partial charge in [-0.25, -0.2) is 13.4 Å². The fourth-order valence-electron chi connectivity index (χ4n) is 2.90. The molecule has 0 aromatic carbocycles. The van der Waals surface area contributed by atoms with Gasteiger partial charge in [-0.2, -0.15) is 4.31 Å². The van der Waals surface area contributed by atoms with E-state index in [4.69, 9.17) is 0 Å². The van der Waals surface area contributed by atoms with Crippen molar-refractivity contribution in [3.05, 3.63) is 38.7 Å². The first-order valence-corrected chi connectivity index (χ1v) is 12.4. The van der Waals surface area contributed by atoms with Crippen molar-refractivity contribution in [2.45, 2.75) is 24.7 Å². The van der Waals surface area contributed by atoms with Crippen molar-refractivity contribution >= 4 is 55.1 Å². The van der Waals surface area contributed by atoms with Crippen LogP contribution in [0.5, 0.6) is 0 Å². The zero-order valence-electron chi connectivity index (χ0n) is 14.5. The molecule has 1 aliphatic heterocycles. The maximum Gasteiger partial charge on any atom is 0.268 e. The average Bonchev–Trinajstić information content (AvgIpc) is 3.41. The van der Waals surface area contributed by atoms with Gasteiger partial charge in [0.1, 0.15) is 9.77 Å². The Labute approximate surface area is 169 Å². The Balaban J connectivity index is 1.55. The quantitative estimate of drug-likeness (QED) is 0.644. The van der Waals surface area contributed by atoms with E-state index in [1.54, 1.807) is 16.7 Å². The molecule has 3 aromatic rings. The smallest absolute Gasteiger partial charge is 0.268 e. The molecule has 0 spiro atoms. The Hall–Kier alpha value is -1.59. The molecule has 0 radical (unpaired) electrons. The normalized spacial score (nSPS) is 15.3. The van der Waals surface area contributed by atoms with Gasteiger partial charge in [0.25, 0.3) is 5.91 Å². The Morgan fingerprint density at radius 1 is 1.19 bits per heavy atom. The van der Waals surface area contributed by atoms with Crippen LogP contribution in [0.4, 0.5) is 5.13 Å². The summed E-state index contributed by atoms with van der Waals surface area (Å²) in [5.41, 5.74) is 0.810. The number of carbonyl (C=O) groups excluding carboxylic acids is 1. The molecular formula is C17H17N3O3S4. The summed E-state index contributed by atoms with van der Waals surface area (Å²) in [6.07, 6.45) is 1.71. The first-order valence-electron chi connectivity index (χ1n) is 8.36. The molecule has 3 aromatic heterocycles. The highest BCUT2D eigenvalue weighted by Gasteiger charge is 2.32. The molecule has 0 bridgehead atoms. The first kappa shape index (κ1) is 18.8. The van der Waals surface area contributed by atoms with Crippen LogP contribution in [-0.2, 0) is 10.0 Å². The molecule has 0 saturated carbocycles. The van der Waals surface area contributed by atoms with Gasteiger partial charge in [-0.3, -0.25) is 10.1 Å². The van der Waals surface area contributed by atoms with Gasteiger partial charge in [0, 0.05) is 23.3 Å². The van der Waals surface area contributed by atoms with Crippen LogP contribution in [0.15, 0.2) is 33.9 Å². The topological polar surface area (TPSA) is 79.4 Å². The van der Waals surface area contributed by atoms with Gasteiger partial charge in [0.2, 0.25) is 10.0 Å². The molecule has 4 rings (SSSR count). The molecule has 4 heterocycles. The van der Waals surface area contributed by atoms with Gasteiger partial charge in [-0.1, -0.05) is 0 Å². The Morgan fingerprint density at radius 2 is 1.96 bits per heavy atom. The van der Waals surface area contributed by atoms with E-state index in [1.807, 2.05) is 24.4 Å². The summed E-state index contributed by atoms with van der Waals surface area (Å²) in [6, 6.07) is 5.54.